The molecule has 5 heteroatoms. The van der Waals surface area contributed by atoms with Crippen LogP contribution >= 0.6 is 0 Å². The number of para-hydroxylation sites is 1. The normalized spacial score (nSPS) is 24.3. The van der Waals surface area contributed by atoms with Crippen LogP contribution in [0.3, 0.4) is 0 Å². The van der Waals surface area contributed by atoms with Gasteiger partial charge in [-0.1, -0.05) is 18.2 Å². The summed E-state index contributed by atoms with van der Waals surface area (Å²) in [4.78, 5) is 25.5. The van der Waals surface area contributed by atoms with Gasteiger partial charge in [-0.15, -0.1) is 0 Å². The Labute approximate surface area is 139 Å². The van der Waals surface area contributed by atoms with Gasteiger partial charge in [0.15, 0.2) is 0 Å². The zero-order chi connectivity index (χ0) is 16.7. The lowest BCUT2D eigenvalue weighted by atomic mass is 10.1. The molecule has 2 fully saturated rings. The molecule has 0 unspecified atom stereocenters. The van der Waals surface area contributed by atoms with E-state index in [2.05, 4.69) is 0 Å². The second-order valence-corrected chi connectivity index (χ2v) is 6.34. The summed E-state index contributed by atoms with van der Waals surface area (Å²) in [6, 6.07) is 15.5. The molecule has 0 spiro atoms. The van der Waals surface area contributed by atoms with Gasteiger partial charge in [0.1, 0.15) is 17.5 Å². The summed E-state index contributed by atoms with van der Waals surface area (Å²) in [6.07, 6.45) is 0.921. The highest BCUT2D eigenvalue weighted by molar-refractivity contribution is 5.97. The van der Waals surface area contributed by atoms with E-state index in [1.807, 2.05) is 30.3 Å². The van der Waals surface area contributed by atoms with E-state index in [0.717, 1.165) is 12.2 Å². The fraction of sp³-hybridized carbons (Fsp3) is 0.263. The summed E-state index contributed by atoms with van der Waals surface area (Å²) < 4.78 is 5.70. The third-order valence-electron chi connectivity index (χ3n) is 4.74. The summed E-state index contributed by atoms with van der Waals surface area (Å²) in [5.74, 6) is 0.722. The van der Waals surface area contributed by atoms with Gasteiger partial charge >= 0.3 is 5.97 Å². The predicted molar refractivity (Wildman–Crippen MR) is 87.0 cm³/mol. The summed E-state index contributed by atoms with van der Waals surface area (Å²) >= 11 is 0. The second kappa shape index (κ2) is 5.67. The Balaban J connectivity index is 1.48. The van der Waals surface area contributed by atoms with Gasteiger partial charge in [0, 0.05) is 12.1 Å². The lowest BCUT2D eigenvalue weighted by molar-refractivity contribution is -0.142. The molecule has 2 aromatic carbocycles. The van der Waals surface area contributed by atoms with Gasteiger partial charge in [-0.05, 0) is 54.7 Å². The molecule has 0 bridgehead atoms. The Morgan fingerprint density at radius 3 is 2.33 bits per heavy atom. The molecule has 3 atom stereocenters. The number of ether oxygens (including phenoxy) is 1. The number of carbonyl (C=O) groups excluding carboxylic acids is 1. The topological polar surface area (TPSA) is 66.8 Å². The van der Waals surface area contributed by atoms with Crippen LogP contribution in [0.15, 0.2) is 54.6 Å². The van der Waals surface area contributed by atoms with E-state index in [9.17, 15) is 14.7 Å². The highest BCUT2D eigenvalue weighted by Gasteiger charge is 2.57. The molecule has 0 radical (unpaired) electrons. The maximum absolute atomic E-state index is 12.6. The van der Waals surface area contributed by atoms with Crippen molar-refractivity contribution in [3.8, 4) is 11.5 Å². The fourth-order valence-corrected chi connectivity index (χ4v) is 3.45. The van der Waals surface area contributed by atoms with E-state index in [-0.39, 0.29) is 11.8 Å². The minimum Gasteiger partial charge on any atom is -0.480 e. The number of carbonyl (C=O) groups is 2. The van der Waals surface area contributed by atoms with Crippen molar-refractivity contribution >= 4 is 11.9 Å². The molecule has 1 aliphatic carbocycles. The Hall–Kier alpha value is -2.82. The monoisotopic (exact) mass is 323 g/mol. The first kappa shape index (κ1) is 14.8. The third-order valence-corrected chi connectivity index (χ3v) is 4.74. The van der Waals surface area contributed by atoms with Crippen LogP contribution in [0.4, 0.5) is 0 Å². The highest BCUT2D eigenvalue weighted by Crippen LogP contribution is 2.49. The average molecular weight is 323 g/mol. The minimum atomic E-state index is -0.905. The number of fused-ring (bicyclic) bond motifs is 1. The lowest BCUT2D eigenvalue weighted by Crippen LogP contribution is -2.43. The van der Waals surface area contributed by atoms with E-state index >= 15 is 0 Å². The molecule has 122 valence electrons. The molecule has 1 amide bonds. The maximum Gasteiger partial charge on any atom is 0.326 e. The zero-order valence-electron chi connectivity index (χ0n) is 13.0. The van der Waals surface area contributed by atoms with Gasteiger partial charge in [-0.25, -0.2) is 4.79 Å². The molecular weight excluding hydrogens is 306 g/mol. The summed E-state index contributed by atoms with van der Waals surface area (Å²) in [5.41, 5.74) is 0.489. The molecular formula is C19H17NO4. The van der Waals surface area contributed by atoms with Gasteiger partial charge in [0.05, 0.1) is 0 Å². The summed E-state index contributed by atoms with van der Waals surface area (Å²) in [7, 11) is 0. The molecule has 0 aromatic heterocycles. The standard InChI is InChI=1S/C19H17NO4/c21-18(20-11-13-10-16(13)17(20)19(22)23)12-6-8-15(9-7-12)24-14-4-2-1-3-5-14/h1-9,13,16-17H,10-11H2,(H,22,23)/t13-,16+,17+/m0/s1. The Morgan fingerprint density at radius 1 is 1.00 bits per heavy atom. The van der Waals surface area contributed by atoms with Gasteiger partial charge in [0.25, 0.3) is 5.91 Å². The van der Waals surface area contributed by atoms with Crippen LogP contribution in [0.5, 0.6) is 11.5 Å². The number of piperidine rings is 1. The van der Waals surface area contributed by atoms with Crippen molar-refractivity contribution in [2.45, 2.75) is 12.5 Å². The van der Waals surface area contributed by atoms with Crippen molar-refractivity contribution in [3.63, 3.8) is 0 Å². The number of amides is 1. The number of benzene rings is 2. The van der Waals surface area contributed by atoms with Crippen LogP contribution in [0.2, 0.25) is 0 Å². The fourth-order valence-electron chi connectivity index (χ4n) is 3.45. The number of nitrogens with zero attached hydrogens (tertiary/aromatic N) is 1. The predicted octanol–water partition coefficient (Wildman–Crippen LogP) is 3.02. The van der Waals surface area contributed by atoms with Crippen LogP contribution < -0.4 is 4.74 Å². The second-order valence-electron chi connectivity index (χ2n) is 6.34. The number of rotatable bonds is 4. The van der Waals surface area contributed by atoms with Gasteiger partial charge in [-0.3, -0.25) is 4.79 Å². The smallest absolute Gasteiger partial charge is 0.326 e. The van der Waals surface area contributed by atoms with Crippen LogP contribution in [0, 0.1) is 11.8 Å². The third kappa shape index (κ3) is 2.62. The van der Waals surface area contributed by atoms with Crippen molar-refractivity contribution < 1.29 is 19.4 Å². The molecule has 1 saturated carbocycles. The molecule has 1 N–H and O–H groups in total. The van der Waals surface area contributed by atoms with Crippen LogP contribution in [-0.2, 0) is 4.79 Å². The molecule has 1 saturated heterocycles. The maximum atomic E-state index is 12.6. The number of carboxylic acid groups (broad SMARTS) is 1. The summed E-state index contributed by atoms with van der Waals surface area (Å²) in [6.45, 7) is 0.544. The minimum absolute atomic E-state index is 0.132. The number of hydrogen-bond donors (Lipinski definition) is 1. The van der Waals surface area contributed by atoms with Crippen LogP contribution in [0.25, 0.3) is 0 Å². The molecule has 24 heavy (non-hydrogen) atoms. The highest BCUT2D eigenvalue weighted by atomic mass is 16.5. The zero-order valence-corrected chi connectivity index (χ0v) is 13.0. The van der Waals surface area contributed by atoms with Crippen molar-refractivity contribution in [1.29, 1.82) is 0 Å². The molecule has 1 heterocycles. The largest absolute Gasteiger partial charge is 0.480 e. The molecule has 1 aliphatic heterocycles. The first-order chi connectivity index (χ1) is 11.6. The van der Waals surface area contributed by atoms with Gasteiger partial charge in [0.2, 0.25) is 0 Å². The number of aliphatic carboxylic acids is 1. The molecule has 2 aromatic rings. The van der Waals surface area contributed by atoms with Crippen molar-refractivity contribution in [2.75, 3.05) is 6.54 Å². The Kier molecular flexibility index (Phi) is 3.49. The van der Waals surface area contributed by atoms with E-state index in [1.165, 1.54) is 4.90 Å². The average Bonchev–Trinajstić information content (AvgIpc) is 3.25. The lowest BCUT2D eigenvalue weighted by Gasteiger charge is -2.24. The van der Waals surface area contributed by atoms with Crippen molar-refractivity contribution in [1.82, 2.24) is 4.90 Å². The van der Waals surface area contributed by atoms with Crippen molar-refractivity contribution in [3.05, 3.63) is 60.2 Å². The van der Waals surface area contributed by atoms with E-state index in [1.54, 1.807) is 24.3 Å². The van der Waals surface area contributed by atoms with Gasteiger partial charge in [-0.2, -0.15) is 0 Å². The Bertz CT molecular complexity index is 772. The Morgan fingerprint density at radius 2 is 1.67 bits per heavy atom. The SMILES string of the molecule is O=C(O)[C@H]1[C@@H]2C[C@H]2CN1C(=O)c1ccc(Oc2ccccc2)cc1. The number of likely N-dealkylation sites (tertiary alicyclic amines) is 1. The molecule has 5 nitrogen and oxygen atoms in total. The van der Waals surface area contributed by atoms with Crippen LogP contribution in [-0.4, -0.2) is 34.5 Å². The van der Waals surface area contributed by atoms with E-state index < -0.39 is 12.0 Å². The summed E-state index contributed by atoms with van der Waals surface area (Å²) in [5, 5.41) is 9.37. The number of hydrogen-bond acceptors (Lipinski definition) is 3. The van der Waals surface area contributed by atoms with Gasteiger partial charge < -0.3 is 14.7 Å². The molecule has 2 aliphatic rings. The van der Waals surface area contributed by atoms with Crippen LogP contribution in [0.1, 0.15) is 16.8 Å². The number of carboxylic acids is 1. The van der Waals surface area contributed by atoms with E-state index in [0.29, 0.717) is 23.8 Å². The van der Waals surface area contributed by atoms with Crippen molar-refractivity contribution in [2.24, 2.45) is 11.8 Å². The first-order valence-corrected chi connectivity index (χ1v) is 8.00. The molecule has 4 rings (SSSR count). The van der Waals surface area contributed by atoms with E-state index in [4.69, 9.17) is 4.74 Å². The quantitative estimate of drug-likeness (QED) is 0.939. The first-order valence-electron chi connectivity index (χ1n) is 8.00.